The van der Waals surface area contributed by atoms with Gasteiger partial charge < -0.3 is 0 Å². The summed E-state index contributed by atoms with van der Waals surface area (Å²) in [6, 6.07) is 11.3. The largest absolute Gasteiger partial charge is 0.264 e. The SMILES string of the molecule is Fc1ccc(CSc2ccc(-c3cccnc3)nn2)cc1F. The average Bonchev–Trinajstić information content (AvgIpc) is 2.57. The van der Waals surface area contributed by atoms with Crippen molar-refractivity contribution >= 4 is 11.8 Å². The molecule has 6 heteroatoms. The molecule has 0 aliphatic carbocycles. The normalized spacial score (nSPS) is 10.6. The molecule has 0 bridgehead atoms. The fourth-order valence-corrected chi connectivity index (χ4v) is 2.61. The van der Waals surface area contributed by atoms with Crippen molar-refractivity contribution in [1.29, 1.82) is 0 Å². The van der Waals surface area contributed by atoms with Gasteiger partial charge in [0.25, 0.3) is 0 Å². The lowest BCUT2D eigenvalue weighted by Gasteiger charge is -2.03. The van der Waals surface area contributed by atoms with Crippen molar-refractivity contribution in [3.8, 4) is 11.3 Å². The number of benzene rings is 1. The first-order valence-corrected chi connectivity index (χ1v) is 7.52. The fourth-order valence-electron chi connectivity index (χ4n) is 1.85. The van der Waals surface area contributed by atoms with E-state index in [2.05, 4.69) is 15.2 Å². The highest BCUT2D eigenvalue weighted by Gasteiger charge is 2.05. The number of halogens is 2. The number of thioether (sulfide) groups is 1. The Morgan fingerprint density at radius 2 is 1.86 bits per heavy atom. The van der Waals surface area contributed by atoms with E-state index in [1.807, 2.05) is 24.3 Å². The molecule has 0 fully saturated rings. The summed E-state index contributed by atoms with van der Waals surface area (Å²) in [7, 11) is 0. The first kappa shape index (κ1) is 14.6. The molecule has 22 heavy (non-hydrogen) atoms. The van der Waals surface area contributed by atoms with Crippen LogP contribution in [-0.4, -0.2) is 15.2 Å². The molecule has 110 valence electrons. The maximum Gasteiger partial charge on any atom is 0.159 e. The van der Waals surface area contributed by atoms with Crippen molar-refractivity contribution in [2.24, 2.45) is 0 Å². The van der Waals surface area contributed by atoms with Crippen LogP contribution < -0.4 is 0 Å². The molecule has 0 spiro atoms. The van der Waals surface area contributed by atoms with Gasteiger partial charge in [-0.3, -0.25) is 4.98 Å². The minimum absolute atomic E-state index is 0.498. The molecular weight excluding hydrogens is 304 g/mol. The standard InChI is InChI=1S/C16H11F2N3S/c17-13-4-3-11(8-14(13)18)10-22-16-6-5-15(20-21-16)12-2-1-7-19-9-12/h1-9H,10H2. The molecule has 2 heterocycles. The molecule has 0 radical (unpaired) electrons. The Morgan fingerprint density at radius 3 is 2.55 bits per heavy atom. The molecule has 0 unspecified atom stereocenters. The van der Waals surface area contributed by atoms with Crippen LogP contribution in [0.4, 0.5) is 8.78 Å². The lowest BCUT2D eigenvalue weighted by atomic mass is 10.2. The van der Waals surface area contributed by atoms with Crippen LogP contribution in [0.3, 0.4) is 0 Å². The summed E-state index contributed by atoms with van der Waals surface area (Å²) in [5.74, 6) is -1.18. The van der Waals surface area contributed by atoms with Gasteiger partial charge in [0.1, 0.15) is 5.03 Å². The number of hydrogen-bond acceptors (Lipinski definition) is 4. The Bertz CT molecular complexity index is 764. The van der Waals surface area contributed by atoms with Crippen molar-refractivity contribution in [1.82, 2.24) is 15.2 Å². The zero-order valence-corrected chi connectivity index (χ0v) is 12.2. The molecule has 0 saturated carbocycles. The number of rotatable bonds is 4. The third-order valence-corrected chi connectivity index (χ3v) is 3.96. The molecule has 0 saturated heterocycles. The number of aromatic nitrogens is 3. The topological polar surface area (TPSA) is 38.7 Å². The lowest BCUT2D eigenvalue weighted by Crippen LogP contribution is -1.91. The van der Waals surface area contributed by atoms with E-state index in [-0.39, 0.29) is 0 Å². The van der Waals surface area contributed by atoms with Crippen molar-refractivity contribution < 1.29 is 8.78 Å². The molecule has 0 amide bonds. The van der Waals surface area contributed by atoms with Crippen LogP contribution in [0.25, 0.3) is 11.3 Å². The van der Waals surface area contributed by atoms with Crippen molar-refractivity contribution in [2.45, 2.75) is 10.8 Å². The molecule has 0 aliphatic rings. The molecule has 3 nitrogen and oxygen atoms in total. The van der Waals surface area contributed by atoms with E-state index in [0.29, 0.717) is 11.3 Å². The van der Waals surface area contributed by atoms with Gasteiger partial charge in [-0.1, -0.05) is 17.8 Å². The van der Waals surface area contributed by atoms with Crippen LogP contribution >= 0.6 is 11.8 Å². The third kappa shape index (κ3) is 3.46. The van der Waals surface area contributed by atoms with E-state index in [9.17, 15) is 8.78 Å². The lowest BCUT2D eigenvalue weighted by molar-refractivity contribution is 0.507. The third-order valence-electron chi connectivity index (χ3n) is 2.97. The molecule has 0 N–H and O–H groups in total. The van der Waals surface area contributed by atoms with E-state index in [1.54, 1.807) is 18.5 Å². The fraction of sp³-hybridized carbons (Fsp3) is 0.0625. The van der Waals surface area contributed by atoms with Gasteiger partial charge in [-0.2, -0.15) is 0 Å². The molecule has 0 aliphatic heterocycles. The summed E-state index contributed by atoms with van der Waals surface area (Å²) in [6.45, 7) is 0. The van der Waals surface area contributed by atoms with E-state index in [0.717, 1.165) is 22.3 Å². The van der Waals surface area contributed by atoms with E-state index in [1.165, 1.54) is 17.8 Å². The first-order valence-electron chi connectivity index (χ1n) is 6.53. The van der Waals surface area contributed by atoms with Gasteiger partial charge in [-0.15, -0.1) is 10.2 Å². The molecule has 1 aromatic carbocycles. The quantitative estimate of drug-likeness (QED) is 0.679. The Labute approximate surface area is 130 Å². The van der Waals surface area contributed by atoms with Crippen LogP contribution in [0.5, 0.6) is 0 Å². The van der Waals surface area contributed by atoms with Gasteiger partial charge in [0.15, 0.2) is 11.6 Å². The van der Waals surface area contributed by atoms with Crippen LogP contribution in [0, 0.1) is 11.6 Å². The van der Waals surface area contributed by atoms with Gasteiger partial charge >= 0.3 is 0 Å². The highest BCUT2D eigenvalue weighted by Crippen LogP contribution is 2.23. The maximum atomic E-state index is 13.1. The number of pyridine rings is 1. The summed E-state index contributed by atoms with van der Waals surface area (Å²) in [5.41, 5.74) is 2.33. The highest BCUT2D eigenvalue weighted by molar-refractivity contribution is 7.98. The summed E-state index contributed by atoms with van der Waals surface area (Å²) in [6.07, 6.45) is 3.42. The second-order valence-corrected chi connectivity index (χ2v) is 5.53. The summed E-state index contributed by atoms with van der Waals surface area (Å²) in [4.78, 5) is 4.04. The van der Waals surface area contributed by atoms with Gasteiger partial charge in [-0.05, 0) is 42.0 Å². The van der Waals surface area contributed by atoms with Gasteiger partial charge in [0, 0.05) is 23.7 Å². The zero-order valence-electron chi connectivity index (χ0n) is 11.4. The highest BCUT2D eigenvalue weighted by atomic mass is 32.2. The molecule has 3 aromatic rings. The second-order valence-electron chi connectivity index (χ2n) is 4.54. The van der Waals surface area contributed by atoms with Crippen LogP contribution in [-0.2, 0) is 5.75 Å². The van der Waals surface area contributed by atoms with Crippen LogP contribution in [0.2, 0.25) is 0 Å². The van der Waals surface area contributed by atoms with Crippen molar-refractivity contribution in [2.75, 3.05) is 0 Å². The predicted octanol–water partition coefficient (Wildman–Crippen LogP) is 4.11. The molecule has 3 rings (SSSR count). The maximum absolute atomic E-state index is 13.1. The number of nitrogens with zero attached hydrogens (tertiary/aromatic N) is 3. The smallest absolute Gasteiger partial charge is 0.159 e. The van der Waals surface area contributed by atoms with Crippen molar-refractivity contribution in [3.05, 3.63) is 72.1 Å². The Morgan fingerprint density at radius 1 is 0.955 bits per heavy atom. The second kappa shape index (κ2) is 6.62. The molecule has 0 atom stereocenters. The summed E-state index contributed by atoms with van der Waals surface area (Å²) >= 11 is 1.41. The number of hydrogen-bond donors (Lipinski definition) is 0. The van der Waals surface area contributed by atoms with Crippen LogP contribution in [0.15, 0.2) is 59.9 Å². The predicted molar refractivity (Wildman–Crippen MR) is 81.2 cm³/mol. The first-order chi connectivity index (χ1) is 10.7. The average molecular weight is 315 g/mol. The Kier molecular flexibility index (Phi) is 4.39. The Balaban J connectivity index is 1.67. The Hall–Kier alpha value is -2.34. The van der Waals surface area contributed by atoms with Crippen molar-refractivity contribution in [3.63, 3.8) is 0 Å². The molecular formula is C16H11F2N3S. The summed E-state index contributed by atoms with van der Waals surface area (Å²) < 4.78 is 26.0. The van der Waals surface area contributed by atoms with Crippen LogP contribution in [0.1, 0.15) is 5.56 Å². The minimum Gasteiger partial charge on any atom is -0.264 e. The zero-order chi connectivity index (χ0) is 15.4. The van der Waals surface area contributed by atoms with Gasteiger partial charge in [0.05, 0.1) is 5.69 Å². The summed E-state index contributed by atoms with van der Waals surface area (Å²) in [5, 5.41) is 9.00. The van der Waals surface area contributed by atoms with E-state index in [4.69, 9.17) is 0 Å². The van der Waals surface area contributed by atoms with E-state index >= 15 is 0 Å². The molecule has 2 aromatic heterocycles. The van der Waals surface area contributed by atoms with Gasteiger partial charge in [0.2, 0.25) is 0 Å². The van der Waals surface area contributed by atoms with Gasteiger partial charge in [-0.25, -0.2) is 8.78 Å². The minimum atomic E-state index is -0.839. The van der Waals surface area contributed by atoms with E-state index < -0.39 is 11.6 Å². The monoisotopic (exact) mass is 315 g/mol.